The van der Waals surface area contributed by atoms with Crippen molar-refractivity contribution in [3.05, 3.63) is 60.2 Å². The number of rotatable bonds is 4. The van der Waals surface area contributed by atoms with E-state index in [1.807, 2.05) is 18.2 Å². The molecule has 0 aromatic heterocycles. The minimum absolute atomic E-state index is 0.265. The molecule has 5 nitrogen and oxygen atoms in total. The molecule has 0 bridgehead atoms. The Labute approximate surface area is 142 Å². The second-order valence-electron chi connectivity index (χ2n) is 6.56. The van der Waals surface area contributed by atoms with Crippen molar-refractivity contribution in [2.24, 2.45) is 5.92 Å². The van der Waals surface area contributed by atoms with Crippen molar-refractivity contribution in [1.82, 2.24) is 9.21 Å². The van der Waals surface area contributed by atoms with Crippen LogP contribution in [0.3, 0.4) is 0 Å². The lowest BCUT2D eigenvalue weighted by atomic mass is 9.91. The number of phenolic OH excluding ortho intramolecular Hbond substituents is 1. The van der Waals surface area contributed by atoms with Crippen molar-refractivity contribution < 1.29 is 13.5 Å². The quantitative estimate of drug-likeness (QED) is 0.920. The number of likely N-dealkylation sites (tertiary alicyclic amines) is 1. The molecule has 2 unspecified atom stereocenters. The van der Waals surface area contributed by atoms with Crippen LogP contribution in [0.5, 0.6) is 5.75 Å². The molecule has 2 atom stereocenters. The molecule has 6 heteroatoms. The SMILES string of the molecule is O=S(=O)(c1ccccc1)N1CC2CN(Cc3ccc(O)cc3)C2C1. The van der Waals surface area contributed by atoms with Gasteiger partial charge in [-0.25, -0.2) is 8.42 Å². The predicted octanol–water partition coefficient (Wildman–Crippen LogP) is 1.90. The predicted molar refractivity (Wildman–Crippen MR) is 91.0 cm³/mol. The largest absolute Gasteiger partial charge is 0.508 e. The highest BCUT2D eigenvalue weighted by Crippen LogP contribution is 2.36. The molecule has 0 saturated carbocycles. The van der Waals surface area contributed by atoms with E-state index in [2.05, 4.69) is 4.90 Å². The lowest BCUT2D eigenvalue weighted by Gasteiger charge is -2.43. The van der Waals surface area contributed by atoms with Crippen LogP contribution in [0.25, 0.3) is 0 Å². The Balaban J connectivity index is 1.44. The van der Waals surface area contributed by atoms with E-state index >= 15 is 0 Å². The highest BCUT2D eigenvalue weighted by molar-refractivity contribution is 7.89. The first kappa shape index (κ1) is 15.6. The first-order chi connectivity index (χ1) is 11.5. The molecule has 1 N–H and O–H groups in total. The van der Waals surface area contributed by atoms with Gasteiger partial charge in [0, 0.05) is 38.1 Å². The number of hydrogen-bond acceptors (Lipinski definition) is 4. The number of benzene rings is 2. The normalized spacial score (nSPS) is 24.5. The van der Waals surface area contributed by atoms with E-state index in [9.17, 15) is 13.5 Å². The Kier molecular flexibility index (Phi) is 3.83. The summed E-state index contributed by atoms with van der Waals surface area (Å²) in [4.78, 5) is 2.69. The van der Waals surface area contributed by atoms with E-state index < -0.39 is 10.0 Å². The lowest BCUT2D eigenvalue weighted by molar-refractivity contribution is 0.0435. The van der Waals surface area contributed by atoms with Gasteiger partial charge in [0.15, 0.2) is 0 Å². The van der Waals surface area contributed by atoms with Crippen LogP contribution >= 0.6 is 0 Å². The Hall–Kier alpha value is -1.89. The molecule has 2 saturated heterocycles. The van der Waals surface area contributed by atoms with Gasteiger partial charge in [0.1, 0.15) is 5.75 Å². The van der Waals surface area contributed by atoms with Crippen molar-refractivity contribution in [1.29, 1.82) is 0 Å². The average Bonchev–Trinajstić information content (AvgIpc) is 2.93. The molecule has 4 rings (SSSR count). The molecule has 2 heterocycles. The summed E-state index contributed by atoms with van der Waals surface area (Å²) in [5.41, 5.74) is 1.13. The molecule has 0 aliphatic carbocycles. The topological polar surface area (TPSA) is 60.9 Å². The molecule has 24 heavy (non-hydrogen) atoms. The maximum Gasteiger partial charge on any atom is 0.243 e. The number of fused-ring (bicyclic) bond motifs is 1. The molecule has 0 spiro atoms. The second-order valence-corrected chi connectivity index (χ2v) is 8.50. The molecule has 2 fully saturated rings. The zero-order chi connectivity index (χ0) is 16.7. The van der Waals surface area contributed by atoms with Gasteiger partial charge < -0.3 is 5.11 Å². The van der Waals surface area contributed by atoms with Crippen molar-refractivity contribution in [2.45, 2.75) is 17.5 Å². The summed E-state index contributed by atoms with van der Waals surface area (Å²) in [5, 5.41) is 9.36. The van der Waals surface area contributed by atoms with Gasteiger partial charge in [0.25, 0.3) is 0 Å². The Bertz CT molecular complexity index is 821. The van der Waals surface area contributed by atoms with E-state index in [4.69, 9.17) is 0 Å². The smallest absolute Gasteiger partial charge is 0.243 e. The fraction of sp³-hybridized carbons (Fsp3) is 0.333. The van der Waals surface area contributed by atoms with E-state index in [1.54, 1.807) is 40.7 Å². The van der Waals surface area contributed by atoms with Gasteiger partial charge in [0.2, 0.25) is 10.0 Å². The van der Waals surface area contributed by atoms with E-state index in [0.717, 1.165) is 18.7 Å². The van der Waals surface area contributed by atoms with Crippen LogP contribution in [0, 0.1) is 5.92 Å². The monoisotopic (exact) mass is 344 g/mol. The number of aromatic hydroxyl groups is 1. The summed E-state index contributed by atoms with van der Waals surface area (Å²) >= 11 is 0. The molecule has 2 aliphatic rings. The van der Waals surface area contributed by atoms with Gasteiger partial charge in [0.05, 0.1) is 4.90 Å². The highest BCUT2D eigenvalue weighted by atomic mass is 32.2. The summed E-state index contributed by atoms with van der Waals surface area (Å²) in [6.45, 7) is 2.88. The minimum Gasteiger partial charge on any atom is -0.508 e. The van der Waals surface area contributed by atoms with Gasteiger partial charge in [-0.1, -0.05) is 30.3 Å². The fourth-order valence-corrected chi connectivity index (χ4v) is 5.20. The number of hydrogen-bond donors (Lipinski definition) is 1. The van der Waals surface area contributed by atoms with Gasteiger partial charge in [-0.3, -0.25) is 4.90 Å². The fourth-order valence-electron chi connectivity index (χ4n) is 3.66. The van der Waals surface area contributed by atoms with Crippen LogP contribution < -0.4 is 0 Å². The first-order valence-corrected chi connectivity index (χ1v) is 9.55. The molecule has 0 amide bonds. The third-order valence-corrected chi connectivity index (χ3v) is 6.86. The third-order valence-electron chi connectivity index (χ3n) is 5.01. The summed E-state index contributed by atoms with van der Waals surface area (Å²) in [6, 6.07) is 16.1. The maximum absolute atomic E-state index is 12.7. The second kappa shape index (κ2) is 5.88. The Morgan fingerprint density at radius 1 is 0.958 bits per heavy atom. The van der Waals surface area contributed by atoms with Crippen molar-refractivity contribution in [3.63, 3.8) is 0 Å². The summed E-state index contributed by atoms with van der Waals surface area (Å²) in [5.74, 6) is 0.682. The van der Waals surface area contributed by atoms with Gasteiger partial charge >= 0.3 is 0 Å². The molecular weight excluding hydrogens is 324 g/mol. The van der Waals surface area contributed by atoms with Gasteiger partial charge in [-0.2, -0.15) is 4.31 Å². The van der Waals surface area contributed by atoms with E-state index in [-0.39, 0.29) is 11.8 Å². The maximum atomic E-state index is 12.7. The lowest BCUT2D eigenvalue weighted by Crippen LogP contribution is -2.54. The molecule has 0 radical (unpaired) electrons. The van der Waals surface area contributed by atoms with Crippen LogP contribution in [0.2, 0.25) is 0 Å². The van der Waals surface area contributed by atoms with E-state index in [0.29, 0.717) is 23.9 Å². The van der Waals surface area contributed by atoms with Crippen molar-refractivity contribution in [3.8, 4) is 5.75 Å². The zero-order valence-corrected chi connectivity index (χ0v) is 14.1. The first-order valence-electron chi connectivity index (χ1n) is 8.11. The summed E-state index contributed by atoms with van der Waals surface area (Å²) < 4.78 is 27.1. The van der Waals surface area contributed by atoms with Gasteiger partial charge in [-0.05, 0) is 29.8 Å². The molecule has 2 aromatic carbocycles. The van der Waals surface area contributed by atoms with Crippen molar-refractivity contribution in [2.75, 3.05) is 19.6 Å². The number of nitrogens with zero attached hydrogens (tertiary/aromatic N) is 2. The van der Waals surface area contributed by atoms with E-state index in [1.165, 1.54) is 0 Å². The van der Waals surface area contributed by atoms with Crippen LogP contribution in [-0.2, 0) is 16.6 Å². The minimum atomic E-state index is -3.39. The summed E-state index contributed by atoms with van der Waals surface area (Å²) in [7, 11) is -3.39. The highest BCUT2D eigenvalue weighted by Gasteiger charge is 2.48. The van der Waals surface area contributed by atoms with Crippen LogP contribution in [0.15, 0.2) is 59.5 Å². The van der Waals surface area contributed by atoms with Crippen LogP contribution in [-0.4, -0.2) is 48.4 Å². The Morgan fingerprint density at radius 2 is 1.67 bits per heavy atom. The average molecular weight is 344 g/mol. The molecule has 2 aliphatic heterocycles. The van der Waals surface area contributed by atoms with Crippen LogP contribution in [0.4, 0.5) is 0 Å². The zero-order valence-electron chi connectivity index (χ0n) is 13.2. The number of sulfonamides is 1. The molecular formula is C18H20N2O3S. The third kappa shape index (κ3) is 2.70. The Morgan fingerprint density at radius 3 is 2.38 bits per heavy atom. The molecule has 2 aromatic rings. The summed E-state index contributed by atoms with van der Waals surface area (Å²) in [6.07, 6.45) is 0. The standard InChI is InChI=1S/C18H20N2O3S/c21-16-8-6-14(7-9-16)10-19-11-15-12-20(13-18(15)19)24(22,23)17-4-2-1-3-5-17/h1-9,15,18,21H,10-13H2. The number of phenols is 1. The van der Waals surface area contributed by atoms with Crippen LogP contribution in [0.1, 0.15) is 5.56 Å². The molecule has 126 valence electrons. The van der Waals surface area contributed by atoms with Crippen molar-refractivity contribution >= 4 is 10.0 Å². The van der Waals surface area contributed by atoms with Gasteiger partial charge in [-0.15, -0.1) is 0 Å².